The third kappa shape index (κ3) is 7.17. The Balaban J connectivity index is 1.38. The Labute approximate surface area is 217 Å². The molecule has 1 amide bonds. The fourth-order valence-electron chi connectivity index (χ4n) is 6.42. The molecule has 2 aliphatic heterocycles. The summed E-state index contributed by atoms with van der Waals surface area (Å²) in [5, 5.41) is 8.58. The first-order chi connectivity index (χ1) is 17.1. The molecular formula is C27H50FN7O. The zero-order chi connectivity index (χ0) is 25.9. The molecule has 0 aromatic rings. The Morgan fingerprint density at radius 3 is 2.44 bits per heavy atom. The molecule has 6 unspecified atom stereocenters. The number of aliphatic imine (C=N–C) groups is 1. The second-order valence-corrected chi connectivity index (χ2v) is 13.0. The number of nitrogens with zero attached hydrogens (tertiary/aromatic N) is 2. The smallest absolute Gasteiger partial charge is 0.245 e. The van der Waals surface area contributed by atoms with Gasteiger partial charge < -0.3 is 5.32 Å². The van der Waals surface area contributed by atoms with Crippen molar-refractivity contribution in [2.24, 2.45) is 28.2 Å². The van der Waals surface area contributed by atoms with Gasteiger partial charge in [-0.05, 0) is 68.1 Å². The molecule has 0 aromatic heterocycles. The van der Waals surface area contributed by atoms with E-state index in [2.05, 4.69) is 54.6 Å². The SMILES string of the molecule is CC1CCCCC1CN=C(NC(=O)C1CC(C(C)(C)C)NN1C)NC1CC(C2CCC(F)CC2)NN1. The van der Waals surface area contributed by atoms with E-state index in [1.807, 2.05) is 12.1 Å². The lowest BCUT2D eigenvalue weighted by Crippen LogP contribution is -2.54. The first-order valence-corrected chi connectivity index (χ1v) is 14.4. The van der Waals surface area contributed by atoms with Crippen LogP contribution in [-0.4, -0.2) is 60.9 Å². The van der Waals surface area contributed by atoms with Gasteiger partial charge in [0.15, 0.2) is 5.96 Å². The van der Waals surface area contributed by atoms with Crippen molar-refractivity contribution in [3.05, 3.63) is 0 Å². The van der Waals surface area contributed by atoms with Gasteiger partial charge in [0.1, 0.15) is 12.2 Å². The van der Waals surface area contributed by atoms with Crippen LogP contribution in [0.1, 0.15) is 91.9 Å². The Kier molecular flexibility index (Phi) is 9.28. The molecule has 4 fully saturated rings. The van der Waals surface area contributed by atoms with Crippen molar-refractivity contribution >= 4 is 11.9 Å². The standard InChI is InChI=1S/C27H50FN7O/c1-17-8-6-7-9-19(17)16-29-26(31-25(36)22-15-23(27(2,3)4)34-35(22)5)30-24-14-21(32-33-24)18-10-12-20(28)13-11-18/h17-24,32-34H,6-16H2,1-5H3,(H2,29,30,31,36). The van der Waals surface area contributed by atoms with E-state index in [4.69, 9.17) is 4.99 Å². The lowest BCUT2D eigenvalue weighted by molar-refractivity contribution is -0.124. The highest BCUT2D eigenvalue weighted by Crippen LogP contribution is 2.32. The Morgan fingerprint density at radius 2 is 1.78 bits per heavy atom. The zero-order valence-corrected chi connectivity index (χ0v) is 23.1. The molecule has 6 atom stereocenters. The molecule has 4 aliphatic rings. The van der Waals surface area contributed by atoms with Crippen LogP contribution in [0.5, 0.6) is 0 Å². The predicted octanol–water partition coefficient (Wildman–Crippen LogP) is 3.22. The molecule has 9 heteroatoms. The minimum Gasteiger partial charge on any atom is -0.339 e. The third-order valence-corrected chi connectivity index (χ3v) is 9.16. The van der Waals surface area contributed by atoms with Gasteiger partial charge in [0.05, 0.1) is 6.17 Å². The topological polar surface area (TPSA) is 92.8 Å². The Bertz CT molecular complexity index is 764. The number of guanidine groups is 1. The lowest BCUT2D eigenvalue weighted by atomic mass is 9.80. The van der Waals surface area contributed by atoms with Crippen LogP contribution >= 0.6 is 0 Å². The monoisotopic (exact) mass is 507 g/mol. The van der Waals surface area contributed by atoms with Gasteiger partial charge in [0, 0.05) is 25.7 Å². The van der Waals surface area contributed by atoms with Crippen LogP contribution < -0.4 is 26.9 Å². The summed E-state index contributed by atoms with van der Waals surface area (Å²) in [5.41, 5.74) is 10.3. The quantitative estimate of drug-likeness (QED) is 0.290. The van der Waals surface area contributed by atoms with Crippen molar-refractivity contribution in [1.82, 2.24) is 31.9 Å². The number of alkyl halides is 1. The number of carbonyl (C=O) groups is 1. The minimum atomic E-state index is -0.637. The van der Waals surface area contributed by atoms with Crippen LogP contribution in [0, 0.1) is 23.2 Å². The predicted molar refractivity (Wildman–Crippen MR) is 143 cm³/mol. The van der Waals surface area contributed by atoms with Gasteiger partial charge in [0.2, 0.25) is 5.91 Å². The molecule has 5 N–H and O–H groups in total. The van der Waals surface area contributed by atoms with Crippen molar-refractivity contribution in [2.75, 3.05) is 13.6 Å². The zero-order valence-electron chi connectivity index (χ0n) is 23.1. The molecule has 2 saturated heterocycles. The maximum Gasteiger partial charge on any atom is 0.245 e. The van der Waals surface area contributed by atoms with Crippen LogP contribution in [0.25, 0.3) is 0 Å². The number of amides is 1. The van der Waals surface area contributed by atoms with Crippen LogP contribution in [0.3, 0.4) is 0 Å². The van der Waals surface area contributed by atoms with E-state index in [1.165, 1.54) is 25.7 Å². The molecule has 8 nitrogen and oxygen atoms in total. The van der Waals surface area contributed by atoms with E-state index in [9.17, 15) is 9.18 Å². The maximum absolute atomic E-state index is 13.6. The van der Waals surface area contributed by atoms with Gasteiger partial charge in [-0.3, -0.25) is 26.0 Å². The fourth-order valence-corrected chi connectivity index (χ4v) is 6.42. The summed E-state index contributed by atoms with van der Waals surface area (Å²) < 4.78 is 13.6. The molecule has 2 heterocycles. The second-order valence-electron chi connectivity index (χ2n) is 13.0. The first kappa shape index (κ1) is 27.7. The van der Waals surface area contributed by atoms with Gasteiger partial charge in [-0.15, -0.1) is 0 Å². The number of hydrogen-bond acceptors (Lipinski definition) is 6. The highest BCUT2D eigenvalue weighted by molar-refractivity contribution is 5.99. The number of carbonyl (C=O) groups excluding carboxylic acids is 1. The Morgan fingerprint density at radius 1 is 1.06 bits per heavy atom. The summed E-state index contributed by atoms with van der Waals surface area (Å²) in [7, 11) is 1.95. The number of likely N-dealkylation sites (N-methyl/N-ethyl adjacent to an activating group) is 1. The number of halogens is 1. The van der Waals surface area contributed by atoms with E-state index >= 15 is 0 Å². The van der Waals surface area contributed by atoms with E-state index < -0.39 is 6.17 Å². The highest BCUT2D eigenvalue weighted by Gasteiger charge is 2.40. The van der Waals surface area contributed by atoms with E-state index in [1.54, 1.807) is 0 Å². The van der Waals surface area contributed by atoms with E-state index in [-0.39, 0.29) is 29.6 Å². The van der Waals surface area contributed by atoms with Crippen molar-refractivity contribution in [3.8, 4) is 0 Å². The number of rotatable bonds is 5. The minimum absolute atomic E-state index is 0.0246. The first-order valence-electron chi connectivity index (χ1n) is 14.4. The van der Waals surface area contributed by atoms with Crippen molar-refractivity contribution < 1.29 is 9.18 Å². The molecule has 36 heavy (non-hydrogen) atoms. The average Bonchev–Trinajstić information content (AvgIpc) is 3.45. The number of hydrazine groups is 2. The molecule has 4 rings (SSSR count). The summed E-state index contributed by atoms with van der Waals surface area (Å²) in [5.74, 6) is 2.26. The van der Waals surface area contributed by atoms with Gasteiger partial charge in [0.25, 0.3) is 0 Å². The fraction of sp³-hybridized carbons (Fsp3) is 0.926. The molecule has 0 bridgehead atoms. The highest BCUT2D eigenvalue weighted by atomic mass is 19.1. The third-order valence-electron chi connectivity index (χ3n) is 9.16. The van der Waals surface area contributed by atoms with E-state index in [0.717, 1.165) is 32.2 Å². The number of nitrogens with one attached hydrogen (secondary N) is 5. The van der Waals surface area contributed by atoms with Crippen molar-refractivity contribution in [3.63, 3.8) is 0 Å². The van der Waals surface area contributed by atoms with Crippen LogP contribution in [0.2, 0.25) is 0 Å². The van der Waals surface area contributed by atoms with Crippen LogP contribution in [-0.2, 0) is 4.79 Å². The number of hydrogen-bond donors (Lipinski definition) is 5. The summed E-state index contributed by atoms with van der Waals surface area (Å²) in [6.07, 6.45) is 9.23. The average molecular weight is 508 g/mol. The van der Waals surface area contributed by atoms with E-state index in [0.29, 0.717) is 42.6 Å². The van der Waals surface area contributed by atoms with Crippen molar-refractivity contribution in [1.29, 1.82) is 0 Å². The molecule has 0 spiro atoms. The van der Waals surface area contributed by atoms with Crippen LogP contribution in [0.4, 0.5) is 4.39 Å². The summed E-state index contributed by atoms with van der Waals surface area (Å²) in [4.78, 5) is 18.3. The molecule has 0 aromatic carbocycles. The van der Waals surface area contributed by atoms with Gasteiger partial charge in [-0.1, -0.05) is 47.0 Å². The Hall–Kier alpha value is -1.29. The summed E-state index contributed by atoms with van der Waals surface area (Å²) in [6, 6.07) is 0.312. The summed E-state index contributed by atoms with van der Waals surface area (Å²) in [6.45, 7) is 9.67. The van der Waals surface area contributed by atoms with Crippen molar-refractivity contribution in [2.45, 2.75) is 122 Å². The van der Waals surface area contributed by atoms with Crippen LogP contribution in [0.15, 0.2) is 4.99 Å². The van der Waals surface area contributed by atoms with Gasteiger partial charge in [-0.2, -0.15) is 0 Å². The van der Waals surface area contributed by atoms with Gasteiger partial charge >= 0.3 is 0 Å². The lowest BCUT2D eigenvalue weighted by Gasteiger charge is -2.29. The molecule has 206 valence electrons. The normalized spacial score (nSPS) is 38.8. The second kappa shape index (κ2) is 12.0. The molecular weight excluding hydrogens is 457 g/mol. The molecule has 2 saturated carbocycles. The largest absolute Gasteiger partial charge is 0.339 e. The maximum atomic E-state index is 13.6. The van der Waals surface area contributed by atoms with Gasteiger partial charge in [-0.25, -0.2) is 14.8 Å². The summed E-state index contributed by atoms with van der Waals surface area (Å²) >= 11 is 0. The molecule has 0 radical (unpaired) electrons. The molecule has 2 aliphatic carbocycles.